The second-order valence-corrected chi connectivity index (χ2v) is 6.75. The minimum absolute atomic E-state index is 0.163. The van der Waals surface area contributed by atoms with E-state index in [1.54, 1.807) is 36.0 Å². The fourth-order valence-corrected chi connectivity index (χ4v) is 3.27. The van der Waals surface area contributed by atoms with E-state index >= 15 is 0 Å². The Morgan fingerprint density at radius 3 is 2.38 bits per heavy atom. The van der Waals surface area contributed by atoms with Crippen LogP contribution in [0.25, 0.3) is 0 Å². The van der Waals surface area contributed by atoms with E-state index in [0.29, 0.717) is 10.6 Å². The first-order valence-corrected chi connectivity index (χ1v) is 8.91. The van der Waals surface area contributed by atoms with Crippen LogP contribution in [-0.2, 0) is 5.75 Å². The van der Waals surface area contributed by atoms with Gasteiger partial charge in [-0.3, -0.25) is 4.79 Å². The molecule has 120 valence electrons. The summed E-state index contributed by atoms with van der Waals surface area (Å²) in [5, 5.41) is 3.43. The summed E-state index contributed by atoms with van der Waals surface area (Å²) in [6, 6.07) is 25.1. The zero-order chi connectivity index (χ0) is 16.8. The molecule has 1 N–H and O–H groups in total. The molecule has 0 aliphatic rings. The number of rotatable bonds is 5. The SMILES string of the molecule is O=C(Nc1ccc(CSc2ccccc2)cc1)c1cccc(Cl)c1. The molecule has 1 amide bonds. The maximum absolute atomic E-state index is 12.2. The minimum atomic E-state index is -0.163. The number of carbonyl (C=O) groups is 1. The third-order valence-electron chi connectivity index (χ3n) is 3.45. The molecular weight excluding hydrogens is 338 g/mol. The van der Waals surface area contributed by atoms with Crippen molar-refractivity contribution in [2.45, 2.75) is 10.6 Å². The van der Waals surface area contributed by atoms with Crippen molar-refractivity contribution in [1.29, 1.82) is 0 Å². The standard InChI is InChI=1S/C20H16ClNOS/c21-17-6-4-5-16(13-17)20(23)22-18-11-9-15(10-12-18)14-24-19-7-2-1-3-8-19/h1-13H,14H2,(H,22,23). The highest BCUT2D eigenvalue weighted by Crippen LogP contribution is 2.23. The molecule has 4 heteroatoms. The molecule has 0 unspecified atom stereocenters. The quantitative estimate of drug-likeness (QED) is 0.580. The molecule has 3 aromatic carbocycles. The van der Waals surface area contributed by atoms with E-state index in [4.69, 9.17) is 11.6 Å². The van der Waals surface area contributed by atoms with Crippen LogP contribution in [0, 0.1) is 0 Å². The second kappa shape index (κ2) is 8.04. The molecule has 0 heterocycles. The summed E-state index contributed by atoms with van der Waals surface area (Å²) in [6.07, 6.45) is 0. The van der Waals surface area contributed by atoms with E-state index < -0.39 is 0 Å². The van der Waals surface area contributed by atoms with Gasteiger partial charge in [-0.15, -0.1) is 11.8 Å². The summed E-state index contributed by atoms with van der Waals surface area (Å²) in [5.74, 6) is 0.732. The normalized spacial score (nSPS) is 10.4. The van der Waals surface area contributed by atoms with Gasteiger partial charge < -0.3 is 5.32 Å². The van der Waals surface area contributed by atoms with Crippen molar-refractivity contribution in [2.75, 3.05) is 5.32 Å². The predicted octanol–water partition coefficient (Wildman–Crippen LogP) is 5.88. The number of benzene rings is 3. The van der Waals surface area contributed by atoms with Crippen LogP contribution in [0.3, 0.4) is 0 Å². The van der Waals surface area contributed by atoms with E-state index in [1.807, 2.05) is 42.5 Å². The molecular formula is C20H16ClNOS. The van der Waals surface area contributed by atoms with Crippen LogP contribution in [0.15, 0.2) is 83.8 Å². The first kappa shape index (κ1) is 16.6. The van der Waals surface area contributed by atoms with Gasteiger partial charge in [-0.2, -0.15) is 0 Å². The Kier molecular flexibility index (Phi) is 5.57. The third-order valence-corrected chi connectivity index (χ3v) is 4.77. The lowest BCUT2D eigenvalue weighted by Crippen LogP contribution is -2.11. The maximum atomic E-state index is 12.2. The molecule has 0 fully saturated rings. The molecule has 3 rings (SSSR count). The average molecular weight is 354 g/mol. The van der Waals surface area contributed by atoms with Gasteiger partial charge in [0.1, 0.15) is 0 Å². The fourth-order valence-electron chi connectivity index (χ4n) is 2.20. The molecule has 0 aliphatic carbocycles. The molecule has 0 radical (unpaired) electrons. The third kappa shape index (κ3) is 4.63. The molecule has 24 heavy (non-hydrogen) atoms. The Hall–Kier alpha value is -2.23. The van der Waals surface area contributed by atoms with Crippen molar-refractivity contribution in [3.05, 3.63) is 95.0 Å². The summed E-state index contributed by atoms with van der Waals surface area (Å²) < 4.78 is 0. The van der Waals surface area contributed by atoms with Crippen molar-refractivity contribution in [3.63, 3.8) is 0 Å². The lowest BCUT2D eigenvalue weighted by molar-refractivity contribution is 0.102. The van der Waals surface area contributed by atoms with Crippen LogP contribution >= 0.6 is 23.4 Å². The van der Waals surface area contributed by atoms with Crippen LogP contribution < -0.4 is 5.32 Å². The van der Waals surface area contributed by atoms with E-state index in [-0.39, 0.29) is 5.91 Å². The largest absolute Gasteiger partial charge is 0.322 e. The summed E-state index contributed by atoms with van der Waals surface area (Å²) in [7, 11) is 0. The summed E-state index contributed by atoms with van der Waals surface area (Å²) >= 11 is 7.71. The zero-order valence-electron chi connectivity index (χ0n) is 12.9. The number of thioether (sulfide) groups is 1. The van der Waals surface area contributed by atoms with Gasteiger partial charge in [-0.25, -0.2) is 0 Å². The lowest BCUT2D eigenvalue weighted by Gasteiger charge is -2.07. The van der Waals surface area contributed by atoms with Gasteiger partial charge in [-0.1, -0.05) is 48.0 Å². The Morgan fingerprint density at radius 2 is 1.67 bits per heavy atom. The topological polar surface area (TPSA) is 29.1 Å². The number of anilines is 1. The molecule has 0 saturated heterocycles. The highest BCUT2D eigenvalue weighted by atomic mass is 35.5. The monoisotopic (exact) mass is 353 g/mol. The highest BCUT2D eigenvalue weighted by molar-refractivity contribution is 7.98. The van der Waals surface area contributed by atoms with Gasteiger partial charge in [0, 0.05) is 26.9 Å². The highest BCUT2D eigenvalue weighted by Gasteiger charge is 2.06. The minimum Gasteiger partial charge on any atom is -0.322 e. The summed E-state index contributed by atoms with van der Waals surface area (Å²) in [4.78, 5) is 13.4. The van der Waals surface area contributed by atoms with Crippen LogP contribution in [0.1, 0.15) is 15.9 Å². The maximum Gasteiger partial charge on any atom is 0.255 e. The number of nitrogens with one attached hydrogen (secondary N) is 1. The Balaban J connectivity index is 1.59. The fraction of sp³-hybridized carbons (Fsp3) is 0.0500. The summed E-state index contributed by atoms with van der Waals surface area (Å²) in [5.41, 5.74) is 2.53. The number of hydrogen-bond acceptors (Lipinski definition) is 2. The molecule has 2 nitrogen and oxygen atoms in total. The molecule has 0 spiro atoms. The van der Waals surface area contributed by atoms with Crippen molar-refractivity contribution in [3.8, 4) is 0 Å². The van der Waals surface area contributed by atoms with Crippen LogP contribution in [-0.4, -0.2) is 5.91 Å². The molecule has 3 aromatic rings. The van der Waals surface area contributed by atoms with Gasteiger partial charge in [-0.05, 0) is 48.0 Å². The van der Waals surface area contributed by atoms with Crippen molar-refractivity contribution >= 4 is 35.0 Å². The van der Waals surface area contributed by atoms with Crippen LogP contribution in [0.4, 0.5) is 5.69 Å². The van der Waals surface area contributed by atoms with Gasteiger partial charge in [0.2, 0.25) is 0 Å². The van der Waals surface area contributed by atoms with Crippen molar-refractivity contribution in [1.82, 2.24) is 0 Å². The van der Waals surface area contributed by atoms with Crippen molar-refractivity contribution in [2.24, 2.45) is 0 Å². The molecule has 0 aromatic heterocycles. The second-order valence-electron chi connectivity index (χ2n) is 5.26. The smallest absolute Gasteiger partial charge is 0.255 e. The van der Waals surface area contributed by atoms with Gasteiger partial charge in [0.05, 0.1) is 0 Å². The molecule has 0 aliphatic heterocycles. The van der Waals surface area contributed by atoms with Crippen molar-refractivity contribution < 1.29 is 4.79 Å². The predicted molar refractivity (Wildman–Crippen MR) is 102 cm³/mol. The first-order chi connectivity index (χ1) is 11.7. The Bertz CT molecular complexity index is 819. The summed E-state index contributed by atoms with van der Waals surface area (Å²) in [6.45, 7) is 0. The van der Waals surface area contributed by atoms with Gasteiger partial charge in [0.15, 0.2) is 0 Å². The van der Waals surface area contributed by atoms with E-state index in [2.05, 4.69) is 17.4 Å². The van der Waals surface area contributed by atoms with Crippen LogP contribution in [0.5, 0.6) is 0 Å². The lowest BCUT2D eigenvalue weighted by atomic mass is 10.2. The number of carbonyl (C=O) groups excluding carboxylic acids is 1. The molecule has 0 saturated carbocycles. The first-order valence-electron chi connectivity index (χ1n) is 7.54. The van der Waals surface area contributed by atoms with Crippen LogP contribution in [0.2, 0.25) is 5.02 Å². The van der Waals surface area contributed by atoms with E-state index in [9.17, 15) is 4.79 Å². The molecule has 0 atom stereocenters. The molecule has 0 bridgehead atoms. The Labute approximate surface area is 150 Å². The average Bonchev–Trinajstić information content (AvgIpc) is 2.62. The van der Waals surface area contributed by atoms with Gasteiger partial charge in [0.25, 0.3) is 5.91 Å². The number of hydrogen-bond donors (Lipinski definition) is 1. The Morgan fingerprint density at radius 1 is 0.917 bits per heavy atom. The number of halogens is 1. The van der Waals surface area contributed by atoms with E-state index in [1.165, 1.54) is 10.5 Å². The van der Waals surface area contributed by atoms with E-state index in [0.717, 1.165) is 11.4 Å². The van der Waals surface area contributed by atoms with Gasteiger partial charge >= 0.3 is 0 Å². The number of amides is 1. The zero-order valence-corrected chi connectivity index (χ0v) is 14.5.